The number of benzene rings is 2. The molecular weight excluding hydrogens is 406 g/mol. The van der Waals surface area contributed by atoms with Crippen LogP contribution >= 0.6 is 11.3 Å². The Morgan fingerprint density at radius 2 is 1.82 bits per heavy atom. The minimum absolute atomic E-state index is 0.100. The lowest BCUT2D eigenvalue weighted by Crippen LogP contribution is -2.29. The van der Waals surface area contributed by atoms with E-state index in [4.69, 9.17) is 0 Å². The van der Waals surface area contributed by atoms with E-state index in [2.05, 4.69) is 5.32 Å². The molecule has 9 heteroatoms. The molecule has 3 aromatic rings. The molecule has 0 spiro atoms. The molecule has 0 aliphatic carbocycles. The molecule has 5 nitrogen and oxygen atoms in total. The Morgan fingerprint density at radius 1 is 1.11 bits per heavy atom. The normalized spacial score (nSPS) is 11.2. The van der Waals surface area contributed by atoms with Crippen LogP contribution in [0.15, 0.2) is 64.9 Å². The second-order valence-corrected chi connectivity index (χ2v) is 8.72. The number of hydrogen-bond donors (Lipinski definition) is 1. The van der Waals surface area contributed by atoms with Gasteiger partial charge in [-0.2, -0.15) is 0 Å². The van der Waals surface area contributed by atoms with Gasteiger partial charge in [0, 0.05) is 25.2 Å². The van der Waals surface area contributed by atoms with E-state index in [1.54, 1.807) is 23.6 Å². The Morgan fingerprint density at radius 3 is 2.50 bits per heavy atom. The van der Waals surface area contributed by atoms with Crippen molar-refractivity contribution in [3.63, 3.8) is 0 Å². The third-order valence-corrected chi connectivity index (χ3v) is 6.73. The SMILES string of the molecule is CN(c1ccsc1C(=O)NCc1ccc(F)cc1F)S(=O)(=O)c1ccccc1. The van der Waals surface area contributed by atoms with Crippen molar-refractivity contribution < 1.29 is 22.0 Å². The molecule has 1 amide bonds. The molecule has 0 radical (unpaired) electrons. The molecule has 1 N–H and O–H groups in total. The van der Waals surface area contributed by atoms with E-state index >= 15 is 0 Å². The van der Waals surface area contributed by atoms with E-state index in [0.29, 0.717) is 0 Å². The van der Waals surface area contributed by atoms with Gasteiger partial charge in [-0.25, -0.2) is 17.2 Å². The lowest BCUT2D eigenvalue weighted by Gasteiger charge is -2.19. The van der Waals surface area contributed by atoms with Crippen LogP contribution in [-0.4, -0.2) is 21.4 Å². The topological polar surface area (TPSA) is 66.5 Å². The van der Waals surface area contributed by atoms with Gasteiger partial charge in [-0.15, -0.1) is 11.3 Å². The number of carbonyl (C=O) groups excluding carboxylic acids is 1. The predicted molar refractivity (Wildman–Crippen MR) is 104 cm³/mol. The summed E-state index contributed by atoms with van der Waals surface area (Å²) in [6.07, 6.45) is 0. The highest BCUT2D eigenvalue weighted by Crippen LogP contribution is 2.29. The highest BCUT2D eigenvalue weighted by atomic mass is 32.2. The van der Waals surface area contributed by atoms with Crippen LogP contribution in [0.3, 0.4) is 0 Å². The average molecular weight is 422 g/mol. The number of amides is 1. The van der Waals surface area contributed by atoms with Crippen molar-refractivity contribution in [3.05, 3.63) is 82.1 Å². The molecule has 28 heavy (non-hydrogen) atoms. The molecule has 0 bridgehead atoms. The Balaban J connectivity index is 1.80. The molecule has 146 valence electrons. The van der Waals surface area contributed by atoms with Gasteiger partial charge in [-0.1, -0.05) is 24.3 Å². The molecule has 0 saturated carbocycles. The fourth-order valence-electron chi connectivity index (χ4n) is 2.52. The van der Waals surface area contributed by atoms with Crippen molar-refractivity contribution in [3.8, 4) is 0 Å². The monoisotopic (exact) mass is 422 g/mol. The van der Waals surface area contributed by atoms with E-state index in [1.807, 2.05) is 0 Å². The number of rotatable bonds is 6. The van der Waals surface area contributed by atoms with Crippen LogP contribution < -0.4 is 9.62 Å². The van der Waals surface area contributed by atoms with E-state index in [-0.39, 0.29) is 27.6 Å². The summed E-state index contributed by atoms with van der Waals surface area (Å²) in [6, 6.07) is 12.5. The maximum Gasteiger partial charge on any atom is 0.264 e. The number of halogens is 2. The van der Waals surface area contributed by atoms with Gasteiger partial charge in [0.2, 0.25) is 0 Å². The lowest BCUT2D eigenvalue weighted by atomic mass is 10.2. The first-order chi connectivity index (χ1) is 13.3. The van der Waals surface area contributed by atoms with Crippen LogP contribution in [0, 0.1) is 11.6 Å². The minimum atomic E-state index is -3.84. The van der Waals surface area contributed by atoms with Crippen molar-refractivity contribution in [2.45, 2.75) is 11.4 Å². The van der Waals surface area contributed by atoms with E-state index in [1.165, 1.54) is 31.3 Å². The summed E-state index contributed by atoms with van der Waals surface area (Å²) in [6.45, 7) is -0.155. The highest BCUT2D eigenvalue weighted by molar-refractivity contribution is 7.92. The largest absolute Gasteiger partial charge is 0.347 e. The lowest BCUT2D eigenvalue weighted by molar-refractivity contribution is 0.0955. The number of anilines is 1. The van der Waals surface area contributed by atoms with Gasteiger partial charge in [0.05, 0.1) is 10.6 Å². The van der Waals surface area contributed by atoms with Gasteiger partial charge in [-0.05, 0) is 29.6 Å². The molecule has 1 aromatic heterocycles. The fourth-order valence-corrected chi connectivity index (χ4v) is 4.65. The fraction of sp³-hybridized carbons (Fsp3) is 0.105. The maximum absolute atomic E-state index is 13.7. The molecule has 2 aromatic carbocycles. The van der Waals surface area contributed by atoms with Gasteiger partial charge >= 0.3 is 0 Å². The zero-order valence-electron chi connectivity index (χ0n) is 14.7. The molecule has 3 rings (SSSR count). The molecule has 0 unspecified atom stereocenters. The summed E-state index contributed by atoms with van der Waals surface area (Å²) in [5.74, 6) is -2.03. The van der Waals surface area contributed by atoms with Crippen molar-refractivity contribution in [1.29, 1.82) is 0 Å². The summed E-state index contributed by atoms with van der Waals surface area (Å²) in [5, 5.41) is 4.13. The van der Waals surface area contributed by atoms with E-state index < -0.39 is 27.6 Å². The van der Waals surface area contributed by atoms with Crippen molar-refractivity contribution in [2.24, 2.45) is 0 Å². The molecule has 0 atom stereocenters. The first kappa shape index (κ1) is 20.0. The number of thiophene rings is 1. The summed E-state index contributed by atoms with van der Waals surface area (Å²) >= 11 is 1.07. The Bertz CT molecular complexity index is 1100. The maximum atomic E-state index is 13.7. The quantitative estimate of drug-likeness (QED) is 0.657. The summed E-state index contributed by atoms with van der Waals surface area (Å²) in [5.41, 5.74) is 0.337. The Kier molecular flexibility index (Phi) is 5.76. The zero-order chi connectivity index (χ0) is 20.3. The summed E-state index contributed by atoms with van der Waals surface area (Å²) in [4.78, 5) is 12.8. The van der Waals surface area contributed by atoms with Gasteiger partial charge in [0.15, 0.2) is 0 Å². The number of nitrogens with zero attached hydrogens (tertiary/aromatic N) is 1. The standard InChI is InChI=1S/C19H16F2N2O3S2/c1-23(28(25,26)15-5-3-2-4-6-15)17-9-10-27-18(17)19(24)22-12-13-7-8-14(20)11-16(13)21/h2-11H,12H2,1H3,(H,22,24). The van der Waals surface area contributed by atoms with Crippen LogP contribution in [0.5, 0.6) is 0 Å². The molecule has 0 aliphatic rings. The van der Waals surface area contributed by atoms with Crippen molar-refractivity contribution in [1.82, 2.24) is 5.32 Å². The number of sulfonamides is 1. The Hall–Kier alpha value is -2.78. The first-order valence-corrected chi connectivity index (χ1v) is 10.5. The number of carbonyl (C=O) groups is 1. The van der Waals surface area contributed by atoms with Gasteiger partial charge < -0.3 is 5.32 Å². The van der Waals surface area contributed by atoms with Gasteiger partial charge in [0.25, 0.3) is 15.9 Å². The summed E-state index contributed by atoms with van der Waals surface area (Å²) in [7, 11) is -2.48. The van der Waals surface area contributed by atoms with Crippen LogP contribution in [0.4, 0.5) is 14.5 Å². The summed E-state index contributed by atoms with van der Waals surface area (Å²) < 4.78 is 53.3. The van der Waals surface area contributed by atoms with Crippen LogP contribution in [-0.2, 0) is 16.6 Å². The van der Waals surface area contributed by atoms with Crippen LogP contribution in [0.1, 0.15) is 15.2 Å². The molecule has 0 fully saturated rings. The smallest absolute Gasteiger partial charge is 0.264 e. The first-order valence-electron chi connectivity index (χ1n) is 8.14. The molecule has 0 saturated heterocycles. The second kappa shape index (κ2) is 8.07. The van der Waals surface area contributed by atoms with Crippen molar-refractivity contribution in [2.75, 3.05) is 11.4 Å². The number of nitrogens with one attached hydrogen (secondary N) is 1. The molecular formula is C19H16F2N2O3S2. The predicted octanol–water partition coefficient (Wildman–Crippen LogP) is 3.78. The minimum Gasteiger partial charge on any atom is -0.347 e. The number of hydrogen-bond acceptors (Lipinski definition) is 4. The van der Waals surface area contributed by atoms with Gasteiger partial charge in [-0.3, -0.25) is 9.10 Å². The van der Waals surface area contributed by atoms with Gasteiger partial charge in [0.1, 0.15) is 16.5 Å². The van der Waals surface area contributed by atoms with Crippen LogP contribution in [0.2, 0.25) is 0 Å². The highest BCUT2D eigenvalue weighted by Gasteiger charge is 2.26. The van der Waals surface area contributed by atoms with E-state index in [9.17, 15) is 22.0 Å². The molecule has 0 aliphatic heterocycles. The second-order valence-electron chi connectivity index (χ2n) is 5.84. The van der Waals surface area contributed by atoms with Crippen LogP contribution in [0.25, 0.3) is 0 Å². The third kappa shape index (κ3) is 4.05. The third-order valence-electron chi connectivity index (χ3n) is 4.05. The Labute approximate surface area is 165 Å². The average Bonchev–Trinajstić information content (AvgIpc) is 3.17. The van der Waals surface area contributed by atoms with E-state index in [0.717, 1.165) is 27.8 Å². The van der Waals surface area contributed by atoms with Crippen molar-refractivity contribution >= 4 is 33.0 Å². The zero-order valence-corrected chi connectivity index (χ0v) is 16.4. The molecule has 1 heterocycles.